The van der Waals surface area contributed by atoms with E-state index in [1.807, 2.05) is 19.1 Å². The lowest BCUT2D eigenvalue weighted by molar-refractivity contribution is 0.344. The van der Waals surface area contributed by atoms with Crippen LogP contribution in [-0.4, -0.2) is 10.2 Å². The van der Waals surface area contributed by atoms with Crippen LogP contribution in [0.3, 0.4) is 0 Å². The van der Waals surface area contributed by atoms with E-state index < -0.39 is 0 Å². The third-order valence-electron chi connectivity index (χ3n) is 4.46. The van der Waals surface area contributed by atoms with Crippen molar-refractivity contribution in [3.05, 3.63) is 71.7 Å². The molecule has 21 heavy (non-hydrogen) atoms. The Morgan fingerprint density at radius 1 is 1.05 bits per heavy atom. The number of aliphatic hydroxyl groups excluding tert-OH is 2. The lowest BCUT2D eigenvalue weighted by atomic mass is 9.64. The van der Waals surface area contributed by atoms with Crippen LogP contribution in [0.15, 0.2) is 66.2 Å². The molecule has 2 rings (SSSR count). The van der Waals surface area contributed by atoms with Crippen molar-refractivity contribution in [3.8, 4) is 0 Å². The molecule has 2 heteroatoms. The smallest absolute Gasteiger partial charge is 0.149 e. The minimum atomic E-state index is -0.117. The minimum Gasteiger partial charge on any atom is -0.512 e. The molecule has 1 saturated carbocycles. The van der Waals surface area contributed by atoms with Gasteiger partial charge in [-0.25, -0.2) is 0 Å². The normalized spacial score (nSPS) is 19.9. The second-order valence-corrected chi connectivity index (χ2v) is 5.64. The second-order valence-electron chi connectivity index (χ2n) is 5.64. The maximum atomic E-state index is 9.45. The average molecular weight is 284 g/mol. The van der Waals surface area contributed by atoms with Gasteiger partial charge in [-0.2, -0.15) is 0 Å². The first-order chi connectivity index (χ1) is 10.2. The summed E-state index contributed by atoms with van der Waals surface area (Å²) in [6.07, 6.45) is 12.3. The first-order valence-electron chi connectivity index (χ1n) is 7.66. The number of benzene rings is 1. The van der Waals surface area contributed by atoms with Gasteiger partial charge < -0.3 is 10.2 Å². The van der Waals surface area contributed by atoms with Gasteiger partial charge in [0.05, 0.1) is 0 Å². The van der Waals surface area contributed by atoms with Gasteiger partial charge >= 0.3 is 0 Å². The standard InChI is InChI=1S/C19H24O2/c1-2-16(11-12-18(21)15-20)19(13-7-4-8-14-19)17-9-5-3-6-10-17/h2-3,5-6,9-12,15,20-21H,4,7-8,13-14H2,1H3/b12-11-,16-2+,18-15-. The summed E-state index contributed by atoms with van der Waals surface area (Å²) in [7, 11) is 0. The fourth-order valence-corrected chi connectivity index (χ4v) is 3.41. The van der Waals surface area contributed by atoms with Crippen molar-refractivity contribution in [1.82, 2.24) is 0 Å². The molecule has 0 unspecified atom stereocenters. The summed E-state index contributed by atoms with van der Waals surface area (Å²) in [6.45, 7) is 2.04. The Morgan fingerprint density at radius 3 is 2.29 bits per heavy atom. The lowest BCUT2D eigenvalue weighted by Crippen LogP contribution is -2.30. The van der Waals surface area contributed by atoms with Crippen LogP contribution in [0.5, 0.6) is 0 Å². The highest BCUT2D eigenvalue weighted by Crippen LogP contribution is 2.45. The summed E-state index contributed by atoms with van der Waals surface area (Å²) in [5.41, 5.74) is 2.58. The Balaban J connectivity index is 2.42. The van der Waals surface area contributed by atoms with Gasteiger partial charge in [-0.05, 0) is 37.0 Å². The Hall–Kier alpha value is -1.96. The van der Waals surface area contributed by atoms with E-state index >= 15 is 0 Å². The van der Waals surface area contributed by atoms with Gasteiger partial charge in [0.25, 0.3) is 0 Å². The first kappa shape index (κ1) is 15.4. The quantitative estimate of drug-likeness (QED) is 0.578. The molecule has 0 radical (unpaired) electrons. The third-order valence-corrected chi connectivity index (χ3v) is 4.46. The Labute approximate surface area is 127 Å². The molecule has 0 aromatic heterocycles. The number of rotatable bonds is 4. The van der Waals surface area contributed by atoms with Crippen molar-refractivity contribution in [2.75, 3.05) is 0 Å². The van der Waals surface area contributed by atoms with E-state index in [9.17, 15) is 5.11 Å². The summed E-state index contributed by atoms with van der Waals surface area (Å²) < 4.78 is 0. The summed E-state index contributed by atoms with van der Waals surface area (Å²) >= 11 is 0. The van der Waals surface area contributed by atoms with Crippen molar-refractivity contribution in [1.29, 1.82) is 0 Å². The number of hydrogen-bond donors (Lipinski definition) is 2. The highest BCUT2D eigenvalue weighted by Gasteiger charge is 2.35. The molecule has 2 N–H and O–H groups in total. The predicted octanol–water partition coefficient (Wildman–Crippen LogP) is 5.35. The fraction of sp³-hybridized carbons (Fsp3) is 0.368. The molecule has 0 spiro atoms. The largest absolute Gasteiger partial charge is 0.512 e. The van der Waals surface area contributed by atoms with Crippen molar-refractivity contribution in [2.24, 2.45) is 0 Å². The van der Waals surface area contributed by atoms with E-state index in [0.717, 1.165) is 19.1 Å². The fourth-order valence-electron chi connectivity index (χ4n) is 3.41. The zero-order valence-corrected chi connectivity index (χ0v) is 12.6. The lowest BCUT2D eigenvalue weighted by Gasteiger charge is -2.39. The maximum Gasteiger partial charge on any atom is 0.149 e. The maximum absolute atomic E-state index is 9.45. The highest BCUT2D eigenvalue weighted by atomic mass is 16.3. The van der Waals surface area contributed by atoms with Gasteiger partial charge in [0.15, 0.2) is 0 Å². The molecule has 1 aromatic carbocycles. The van der Waals surface area contributed by atoms with Crippen LogP contribution in [0.25, 0.3) is 0 Å². The van der Waals surface area contributed by atoms with Gasteiger partial charge in [-0.3, -0.25) is 0 Å². The summed E-state index contributed by atoms with van der Waals surface area (Å²) in [5.74, 6) is -0.117. The molecule has 0 bridgehead atoms. The van der Waals surface area contributed by atoms with Gasteiger partial charge in [0.1, 0.15) is 12.0 Å². The zero-order valence-electron chi connectivity index (χ0n) is 12.6. The first-order valence-corrected chi connectivity index (χ1v) is 7.66. The molecular formula is C19H24O2. The molecule has 1 aliphatic rings. The Bertz CT molecular complexity index is 532. The molecule has 1 aliphatic carbocycles. The van der Waals surface area contributed by atoms with Crippen molar-refractivity contribution in [2.45, 2.75) is 44.4 Å². The molecule has 2 nitrogen and oxygen atoms in total. The number of aliphatic hydroxyl groups is 2. The van der Waals surface area contributed by atoms with E-state index in [0.29, 0.717) is 0 Å². The molecular weight excluding hydrogens is 260 g/mol. The van der Waals surface area contributed by atoms with E-state index in [1.54, 1.807) is 6.08 Å². The highest BCUT2D eigenvalue weighted by molar-refractivity contribution is 5.43. The SMILES string of the molecule is C\C=C(/C=C\C(O)=C\O)C1(c2ccccc2)CCCCC1. The Morgan fingerprint density at radius 2 is 1.71 bits per heavy atom. The van der Waals surface area contributed by atoms with Crippen LogP contribution in [0.1, 0.15) is 44.6 Å². The second kappa shape index (κ2) is 7.16. The molecule has 1 fully saturated rings. The molecule has 0 amide bonds. The predicted molar refractivity (Wildman–Crippen MR) is 87.4 cm³/mol. The van der Waals surface area contributed by atoms with Gasteiger partial charge in [0.2, 0.25) is 0 Å². The van der Waals surface area contributed by atoms with Crippen LogP contribution in [0.2, 0.25) is 0 Å². The van der Waals surface area contributed by atoms with E-state index in [1.165, 1.54) is 30.4 Å². The summed E-state index contributed by atoms with van der Waals surface area (Å²) in [5, 5.41) is 18.3. The summed E-state index contributed by atoms with van der Waals surface area (Å²) in [6, 6.07) is 10.6. The van der Waals surface area contributed by atoms with E-state index in [2.05, 4.69) is 30.3 Å². The third kappa shape index (κ3) is 3.38. The van der Waals surface area contributed by atoms with Gasteiger partial charge in [0, 0.05) is 5.41 Å². The van der Waals surface area contributed by atoms with Gasteiger partial charge in [-0.15, -0.1) is 0 Å². The molecule has 0 saturated heterocycles. The van der Waals surface area contributed by atoms with Crippen LogP contribution in [0.4, 0.5) is 0 Å². The van der Waals surface area contributed by atoms with Gasteiger partial charge in [-0.1, -0.05) is 61.7 Å². The van der Waals surface area contributed by atoms with Crippen molar-refractivity contribution < 1.29 is 10.2 Å². The molecule has 0 aliphatic heterocycles. The topological polar surface area (TPSA) is 40.5 Å². The number of allylic oxidation sites excluding steroid dienone is 4. The van der Waals surface area contributed by atoms with E-state index in [-0.39, 0.29) is 11.2 Å². The molecule has 0 atom stereocenters. The average Bonchev–Trinajstić information content (AvgIpc) is 2.56. The van der Waals surface area contributed by atoms with Crippen LogP contribution < -0.4 is 0 Å². The molecule has 1 aromatic rings. The monoisotopic (exact) mass is 284 g/mol. The van der Waals surface area contributed by atoms with Crippen LogP contribution in [0, 0.1) is 0 Å². The van der Waals surface area contributed by atoms with Crippen molar-refractivity contribution >= 4 is 0 Å². The number of hydrogen-bond acceptors (Lipinski definition) is 2. The van der Waals surface area contributed by atoms with Crippen LogP contribution in [-0.2, 0) is 5.41 Å². The minimum absolute atomic E-state index is 0.0283. The molecule has 0 heterocycles. The van der Waals surface area contributed by atoms with E-state index in [4.69, 9.17) is 5.11 Å². The Kier molecular flexibility index (Phi) is 5.26. The zero-order chi connectivity index (χ0) is 15.1. The summed E-state index contributed by atoms with van der Waals surface area (Å²) in [4.78, 5) is 0. The van der Waals surface area contributed by atoms with Crippen LogP contribution >= 0.6 is 0 Å². The molecule has 112 valence electrons. The van der Waals surface area contributed by atoms with Crippen molar-refractivity contribution in [3.63, 3.8) is 0 Å².